The predicted octanol–water partition coefficient (Wildman–Crippen LogP) is 1.32. The van der Waals surface area contributed by atoms with Crippen molar-refractivity contribution in [2.24, 2.45) is 0 Å². The van der Waals surface area contributed by atoms with E-state index in [9.17, 15) is 0 Å². The molecule has 0 aromatic heterocycles. The van der Waals surface area contributed by atoms with Gasteiger partial charge >= 0.3 is 0 Å². The molecule has 1 aromatic rings. The van der Waals surface area contributed by atoms with E-state index < -0.39 is 0 Å². The van der Waals surface area contributed by atoms with Gasteiger partial charge in [-0.1, -0.05) is 18.2 Å². The van der Waals surface area contributed by atoms with Gasteiger partial charge in [0.25, 0.3) is 0 Å². The first-order chi connectivity index (χ1) is 3.80. The summed E-state index contributed by atoms with van der Waals surface area (Å²) in [4.78, 5) is 0. The first-order valence-electron chi connectivity index (χ1n) is 2.55. The third-order valence-corrected chi connectivity index (χ3v) is 1.12. The Morgan fingerprint density at radius 1 is 1.22 bits per heavy atom. The summed E-state index contributed by atoms with van der Waals surface area (Å²) in [6, 6.07) is 7.25. The summed E-state index contributed by atoms with van der Waals surface area (Å²) in [5.41, 5.74) is 0.924. The summed E-state index contributed by atoms with van der Waals surface area (Å²) in [7, 11) is 0. The number of aromatic hydroxyl groups is 1. The zero-order valence-corrected chi connectivity index (χ0v) is 8.68. The number of phenols is 1. The van der Waals surface area contributed by atoms with E-state index in [0.29, 0.717) is 5.75 Å². The van der Waals surface area contributed by atoms with Crippen LogP contribution in [0.1, 0.15) is 5.56 Å². The van der Waals surface area contributed by atoms with Gasteiger partial charge in [-0.2, -0.15) is 0 Å². The summed E-state index contributed by atoms with van der Waals surface area (Å²) in [6.07, 6.45) is 0. The van der Waals surface area contributed by atoms with Crippen LogP contribution in [0, 0.1) is 6.92 Å². The van der Waals surface area contributed by atoms with Gasteiger partial charge in [0.1, 0.15) is 5.75 Å². The Labute approximate surface area is 73.8 Å². The second-order valence-corrected chi connectivity index (χ2v) is 1.79. The second kappa shape index (κ2) is 3.84. The van der Waals surface area contributed by atoms with Gasteiger partial charge in [0.2, 0.25) is 0 Å². The second-order valence-electron chi connectivity index (χ2n) is 1.79. The molecule has 0 heterocycles. The predicted molar refractivity (Wildman–Crippen MR) is 38.6 cm³/mol. The Balaban J connectivity index is 0.000000640. The van der Waals surface area contributed by atoms with Crippen molar-refractivity contribution in [3.8, 4) is 5.75 Å². The van der Waals surface area contributed by atoms with E-state index in [4.69, 9.17) is 5.11 Å². The third-order valence-electron chi connectivity index (χ3n) is 1.12. The molecule has 1 N–H and O–H groups in total. The molecule has 1 rings (SSSR count). The van der Waals surface area contributed by atoms with Gasteiger partial charge < -0.3 is 5.11 Å². The fourth-order valence-electron chi connectivity index (χ4n) is 0.563. The number of hydrogen-bond acceptors (Lipinski definition) is 1. The Kier molecular flexibility index (Phi) is 3.80. The van der Waals surface area contributed by atoms with E-state index in [2.05, 4.69) is 0 Å². The molecule has 0 saturated carbocycles. The minimum Gasteiger partial charge on any atom is -0.508 e. The van der Waals surface area contributed by atoms with Crippen LogP contribution < -0.4 is 0 Å². The fraction of sp³-hybridized carbons (Fsp3) is 0.143. The molecule has 0 aliphatic heterocycles. The van der Waals surface area contributed by atoms with Crippen LogP contribution in [0.15, 0.2) is 24.3 Å². The standard InChI is InChI=1S/C7H8O.Bi/c1-6-4-2-3-5-7(6)8;/h2-5,8H,1H3;. The van der Waals surface area contributed by atoms with E-state index in [1.54, 1.807) is 6.07 Å². The smallest absolute Gasteiger partial charge is 0.118 e. The SMILES string of the molecule is Cc1ccccc1O.[Bi]. The number of aryl methyl sites for hydroxylation is 1. The van der Waals surface area contributed by atoms with Gasteiger partial charge in [-0.05, 0) is 18.6 Å². The molecule has 0 saturated heterocycles. The maximum Gasteiger partial charge on any atom is 0.118 e. The first-order valence-corrected chi connectivity index (χ1v) is 2.55. The maximum absolute atomic E-state index is 8.92. The topological polar surface area (TPSA) is 20.2 Å². The van der Waals surface area contributed by atoms with Gasteiger partial charge in [-0.25, -0.2) is 0 Å². The van der Waals surface area contributed by atoms with Crippen LogP contribution in [0.5, 0.6) is 5.75 Å². The largest absolute Gasteiger partial charge is 0.508 e. The van der Waals surface area contributed by atoms with Crippen molar-refractivity contribution in [3.05, 3.63) is 29.8 Å². The monoisotopic (exact) mass is 317 g/mol. The molecule has 0 aliphatic rings. The molecule has 0 unspecified atom stereocenters. The van der Waals surface area contributed by atoms with Crippen molar-refractivity contribution in [1.29, 1.82) is 0 Å². The van der Waals surface area contributed by atoms with E-state index >= 15 is 0 Å². The number of phenolic OH excluding ortho intramolecular Hbond substituents is 1. The summed E-state index contributed by atoms with van der Waals surface area (Å²) >= 11 is 0. The van der Waals surface area contributed by atoms with Crippen molar-refractivity contribution in [3.63, 3.8) is 0 Å². The third kappa shape index (κ3) is 2.32. The maximum atomic E-state index is 8.92. The van der Waals surface area contributed by atoms with Crippen LogP contribution in [0.3, 0.4) is 0 Å². The van der Waals surface area contributed by atoms with Crippen molar-refractivity contribution in [2.45, 2.75) is 6.92 Å². The van der Waals surface area contributed by atoms with Crippen LogP contribution in [0.25, 0.3) is 0 Å². The van der Waals surface area contributed by atoms with Crippen LogP contribution in [0.2, 0.25) is 0 Å². The van der Waals surface area contributed by atoms with Crippen molar-refractivity contribution in [2.75, 3.05) is 0 Å². The first kappa shape index (κ1) is 8.90. The molecule has 0 aliphatic carbocycles. The van der Waals surface area contributed by atoms with Gasteiger partial charge in [-0.3, -0.25) is 0 Å². The van der Waals surface area contributed by atoms with Crippen LogP contribution >= 0.6 is 0 Å². The molecule has 2 heteroatoms. The van der Waals surface area contributed by atoms with Gasteiger partial charge in [-0.15, -0.1) is 0 Å². The molecule has 0 bridgehead atoms. The molecule has 3 radical (unpaired) electrons. The summed E-state index contributed by atoms with van der Waals surface area (Å²) in [5, 5.41) is 8.92. The van der Waals surface area contributed by atoms with Crippen molar-refractivity contribution in [1.82, 2.24) is 0 Å². The summed E-state index contributed by atoms with van der Waals surface area (Å²) in [5.74, 6) is 0.368. The Morgan fingerprint density at radius 3 is 2.11 bits per heavy atom. The summed E-state index contributed by atoms with van der Waals surface area (Å²) < 4.78 is 0. The molecule has 0 amide bonds. The molecule has 1 aromatic carbocycles. The Morgan fingerprint density at radius 2 is 1.78 bits per heavy atom. The Bertz CT molecular complexity index is 165. The minimum atomic E-state index is 0. The van der Waals surface area contributed by atoms with Gasteiger partial charge in [0.05, 0.1) is 0 Å². The summed E-state index contributed by atoms with van der Waals surface area (Å²) in [6.45, 7) is 1.87. The average Bonchev–Trinajstić information content (AvgIpc) is 1.77. The van der Waals surface area contributed by atoms with E-state index in [-0.39, 0.29) is 26.2 Å². The van der Waals surface area contributed by atoms with Crippen molar-refractivity contribution >= 4 is 26.2 Å². The van der Waals surface area contributed by atoms with Crippen LogP contribution in [-0.2, 0) is 0 Å². The minimum absolute atomic E-state index is 0. The molecular formula is C7H8BiO. The van der Waals surface area contributed by atoms with Crippen LogP contribution in [0.4, 0.5) is 0 Å². The van der Waals surface area contributed by atoms with Gasteiger partial charge in [0, 0.05) is 26.2 Å². The number of para-hydroxylation sites is 1. The molecule has 0 atom stereocenters. The number of benzene rings is 1. The normalized spacial score (nSPS) is 8.11. The van der Waals surface area contributed by atoms with E-state index in [1.807, 2.05) is 25.1 Å². The average molecular weight is 317 g/mol. The van der Waals surface area contributed by atoms with Crippen molar-refractivity contribution < 1.29 is 5.11 Å². The molecule has 0 fully saturated rings. The van der Waals surface area contributed by atoms with Gasteiger partial charge in [0.15, 0.2) is 0 Å². The van der Waals surface area contributed by atoms with E-state index in [1.165, 1.54) is 0 Å². The molecule has 9 heavy (non-hydrogen) atoms. The number of hydrogen-bond donors (Lipinski definition) is 1. The molecule has 0 spiro atoms. The number of rotatable bonds is 0. The van der Waals surface area contributed by atoms with E-state index in [0.717, 1.165) is 5.56 Å². The zero-order chi connectivity index (χ0) is 5.98. The fourth-order valence-corrected chi connectivity index (χ4v) is 0.563. The zero-order valence-electron chi connectivity index (χ0n) is 5.20. The Hall–Kier alpha value is -0.0969. The quantitative estimate of drug-likeness (QED) is 0.716. The molecule has 1 nitrogen and oxygen atoms in total. The van der Waals surface area contributed by atoms with Crippen LogP contribution in [-0.4, -0.2) is 31.3 Å². The molecular weight excluding hydrogens is 309 g/mol. The molecule has 47 valence electrons.